The molecule has 0 atom stereocenters. The maximum atomic E-state index is 13.5. The zero-order valence-corrected chi connectivity index (χ0v) is 20.4. The van der Waals surface area contributed by atoms with Crippen LogP contribution in [0.4, 0.5) is 18.9 Å². The van der Waals surface area contributed by atoms with Gasteiger partial charge in [-0.25, -0.2) is 8.42 Å². The monoisotopic (exact) mass is 522 g/mol. The fraction of sp³-hybridized carbons (Fsp3) is 0.240. The van der Waals surface area contributed by atoms with Crippen molar-refractivity contribution in [1.82, 2.24) is 5.32 Å². The van der Waals surface area contributed by atoms with E-state index >= 15 is 0 Å². The molecule has 0 heterocycles. The van der Waals surface area contributed by atoms with E-state index in [0.717, 1.165) is 18.4 Å². The molecule has 11 heteroatoms. The van der Waals surface area contributed by atoms with Crippen LogP contribution in [0, 0.1) is 0 Å². The fourth-order valence-electron chi connectivity index (χ4n) is 3.35. The third-order valence-electron chi connectivity index (χ3n) is 5.14. The Balaban J connectivity index is 1.63. The van der Waals surface area contributed by atoms with E-state index in [2.05, 4.69) is 5.32 Å². The lowest BCUT2D eigenvalue weighted by Gasteiger charge is -2.25. The molecule has 0 saturated heterocycles. The summed E-state index contributed by atoms with van der Waals surface area (Å²) in [5, 5.41) is 2.71. The number of ether oxygens (including phenoxy) is 2. The Labute approximate surface area is 207 Å². The number of carbonyl (C=O) groups excluding carboxylic acids is 1. The van der Waals surface area contributed by atoms with Crippen molar-refractivity contribution in [2.24, 2.45) is 0 Å². The highest BCUT2D eigenvalue weighted by molar-refractivity contribution is 7.92. The van der Waals surface area contributed by atoms with E-state index in [1.165, 1.54) is 36.4 Å². The summed E-state index contributed by atoms with van der Waals surface area (Å²) >= 11 is 0. The molecule has 0 bridgehead atoms. The van der Waals surface area contributed by atoms with Gasteiger partial charge >= 0.3 is 6.18 Å². The number of carbonyl (C=O) groups is 1. The van der Waals surface area contributed by atoms with Crippen molar-refractivity contribution >= 4 is 21.6 Å². The third-order valence-corrected chi connectivity index (χ3v) is 6.26. The number of benzene rings is 3. The van der Waals surface area contributed by atoms with Crippen molar-refractivity contribution in [3.05, 3.63) is 89.5 Å². The Morgan fingerprint density at radius 1 is 0.944 bits per heavy atom. The molecule has 0 spiro atoms. The van der Waals surface area contributed by atoms with Crippen molar-refractivity contribution in [2.75, 3.05) is 30.8 Å². The zero-order chi connectivity index (χ0) is 26.3. The van der Waals surface area contributed by atoms with Crippen LogP contribution in [-0.2, 0) is 22.7 Å². The Bertz CT molecular complexity index is 1280. The summed E-state index contributed by atoms with van der Waals surface area (Å²) in [4.78, 5) is 12.4. The summed E-state index contributed by atoms with van der Waals surface area (Å²) in [6.07, 6.45) is -3.88. The molecule has 0 unspecified atom stereocenters. The summed E-state index contributed by atoms with van der Waals surface area (Å²) < 4.78 is 76.4. The first-order valence-corrected chi connectivity index (χ1v) is 12.6. The second kappa shape index (κ2) is 11.3. The van der Waals surface area contributed by atoms with E-state index in [4.69, 9.17) is 9.47 Å². The molecule has 1 amide bonds. The number of hydrogen-bond acceptors (Lipinski definition) is 5. The molecule has 0 aromatic heterocycles. The Morgan fingerprint density at radius 2 is 1.56 bits per heavy atom. The topological polar surface area (TPSA) is 84.9 Å². The van der Waals surface area contributed by atoms with E-state index in [-0.39, 0.29) is 25.6 Å². The van der Waals surface area contributed by atoms with Crippen molar-refractivity contribution in [2.45, 2.75) is 12.7 Å². The number of methoxy groups -OCH3 is 1. The first-order valence-electron chi connectivity index (χ1n) is 10.8. The van der Waals surface area contributed by atoms with Crippen LogP contribution in [0.1, 0.15) is 21.5 Å². The molecule has 0 aliphatic rings. The average Bonchev–Trinajstić information content (AvgIpc) is 2.84. The number of sulfonamides is 1. The minimum atomic E-state index is -4.72. The summed E-state index contributed by atoms with van der Waals surface area (Å²) in [5.74, 6) is 0.947. The Morgan fingerprint density at radius 3 is 2.14 bits per heavy atom. The van der Waals surface area contributed by atoms with E-state index in [9.17, 15) is 26.4 Å². The summed E-state index contributed by atoms with van der Waals surface area (Å²) in [5.41, 5.74) is -0.795. The SMILES string of the molecule is COc1ccc(OCCNC(=O)c2ccc(CN(c3ccccc3C(F)(F)F)S(C)(=O)=O)cc2)cc1. The van der Waals surface area contributed by atoms with Gasteiger partial charge in [-0.15, -0.1) is 0 Å². The number of nitrogens with one attached hydrogen (secondary N) is 1. The van der Waals surface area contributed by atoms with Crippen molar-refractivity contribution < 1.29 is 35.9 Å². The highest BCUT2D eigenvalue weighted by Crippen LogP contribution is 2.37. The number of para-hydroxylation sites is 1. The smallest absolute Gasteiger partial charge is 0.418 e. The molecule has 0 fully saturated rings. The molecular weight excluding hydrogens is 497 g/mol. The van der Waals surface area contributed by atoms with Gasteiger partial charge < -0.3 is 14.8 Å². The van der Waals surface area contributed by atoms with Crippen molar-refractivity contribution in [3.63, 3.8) is 0 Å². The predicted octanol–water partition coefficient (Wildman–Crippen LogP) is 4.49. The van der Waals surface area contributed by atoms with Gasteiger partial charge in [0.15, 0.2) is 0 Å². The molecule has 3 aromatic carbocycles. The molecule has 3 rings (SSSR count). The highest BCUT2D eigenvalue weighted by atomic mass is 32.2. The van der Waals surface area contributed by atoms with Crippen LogP contribution in [0.15, 0.2) is 72.8 Å². The van der Waals surface area contributed by atoms with Gasteiger partial charge in [-0.05, 0) is 54.1 Å². The first kappa shape index (κ1) is 26.9. The molecule has 7 nitrogen and oxygen atoms in total. The van der Waals surface area contributed by atoms with Gasteiger partial charge in [-0.2, -0.15) is 13.2 Å². The molecule has 0 radical (unpaired) electrons. The van der Waals surface area contributed by atoms with Gasteiger partial charge in [0.2, 0.25) is 10.0 Å². The fourth-order valence-corrected chi connectivity index (χ4v) is 4.25. The quantitative estimate of drug-likeness (QED) is 0.397. The molecule has 3 aromatic rings. The largest absolute Gasteiger partial charge is 0.497 e. The maximum absolute atomic E-state index is 13.5. The van der Waals surface area contributed by atoms with E-state index in [1.807, 2.05) is 0 Å². The molecule has 1 N–H and O–H groups in total. The van der Waals surface area contributed by atoms with Crippen LogP contribution >= 0.6 is 0 Å². The third kappa shape index (κ3) is 7.14. The Hall–Kier alpha value is -3.73. The van der Waals surface area contributed by atoms with Gasteiger partial charge in [-0.3, -0.25) is 9.10 Å². The molecule has 0 aliphatic heterocycles. The van der Waals surface area contributed by atoms with Gasteiger partial charge in [-0.1, -0.05) is 24.3 Å². The number of alkyl halides is 3. The normalized spacial score (nSPS) is 11.6. The molecular formula is C25H25F3N2O5S. The summed E-state index contributed by atoms with van der Waals surface area (Å²) in [6.45, 7) is 0.143. The standard InChI is InChI=1S/C25H25F3N2O5S/c1-34-20-11-13-21(14-12-20)35-16-15-29-24(31)19-9-7-18(8-10-19)17-30(36(2,32)33)23-6-4-3-5-22(23)25(26,27)28/h3-14H,15-17H2,1-2H3,(H,29,31). The lowest BCUT2D eigenvalue weighted by Crippen LogP contribution is -2.31. The minimum Gasteiger partial charge on any atom is -0.497 e. The second-order valence-electron chi connectivity index (χ2n) is 7.76. The van der Waals surface area contributed by atoms with Crippen LogP contribution < -0.4 is 19.1 Å². The van der Waals surface area contributed by atoms with Crippen LogP contribution in [0.5, 0.6) is 11.5 Å². The van der Waals surface area contributed by atoms with E-state index in [1.54, 1.807) is 31.4 Å². The maximum Gasteiger partial charge on any atom is 0.418 e. The predicted molar refractivity (Wildman–Crippen MR) is 130 cm³/mol. The zero-order valence-electron chi connectivity index (χ0n) is 19.6. The Kier molecular flexibility index (Phi) is 8.46. The van der Waals surface area contributed by atoms with Crippen molar-refractivity contribution in [1.29, 1.82) is 0 Å². The minimum absolute atomic E-state index is 0.234. The van der Waals surface area contributed by atoms with Crippen LogP contribution in [0.25, 0.3) is 0 Å². The molecule has 192 valence electrons. The number of rotatable bonds is 10. The van der Waals surface area contributed by atoms with Gasteiger partial charge in [0, 0.05) is 5.56 Å². The van der Waals surface area contributed by atoms with Gasteiger partial charge in [0.05, 0.1) is 37.7 Å². The summed E-state index contributed by atoms with van der Waals surface area (Å²) in [7, 11) is -2.47. The lowest BCUT2D eigenvalue weighted by atomic mass is 10.1. The first-order chi connectivity index (χ1) is 17.0. The second-order valence-corrected chi connectivity index (χ2v) is 9.67. The number of anilines is 1. The van der Waals surface area contributed by atoms with Crippen LogP contribution in [-0.4, -0.2) is 40.8 Å². The molecule has 0 aliphatic carbocycles. The van der Waals surface area contributed by atoms with Crippen molar-refractivity contribution in [3.8, 4) is 11.5 Å². The lowest BCUT2D eigenvalue weighted by molar-refractivity contribution is -0.137. The highest BCUT2D eigenvalue weighted by Gasteiger charge is 2.36. The number of amides is 1. The number of nitrogens with zero attached hydrogens (tertiary/aromatic N) is 1. The number of halogens is 3. The number of hydrogen-bond donors (Lipinski definition) is 1. The summed E-state index contributed by atoms with van der Waals surface area (Å²) in [6, 6.07) is 17.4. The van der Waals surface area contributed by atoms with Crippen LogP contribution in [0.3, 0.4) is 0 Å². The van der Waals surface area contributed by atoms with Gasteiger partial charge in [0.25, 0.3) is 5.91 Å². The molecule has 36 heavy (non-hydrogen) atoms. The van der Waals surface area contributed by atoms with Gasteiger partial charge in [0.1, 0.15) is 18.1 Å². The van der Waals surface area contributed by atoms with E-state index < -0.39 is 27.5 Å². The van der Waals surface area contributed by atoms with E-state index in [0.29, 0.717) is 26.9 Å². The molecule has 0 saturated carbocycles. The average molecular weight is 523 g/mol. The van der Waals surface area contributed by atoms with Crippen LogP contribution in [0.2, 0.25) is 0 Å².